The summed E-state index contributed by atoms with van der Waals surface area (Å²) >= 11 is 6.79. The Morgan fingerprint density at radius 1 is 1.31 bits per heavy atom. The topological polar surface area (TPSA) is 151 Å². The SMILES string of the molecule is Cc1cc(C(F)F)nc2sc(C(N)=O)c(NC(=O)c3ccc(COc4ccc([N+](=O)[O-])cc4Cl)o3)c12. The summed E-state index contributed by atoms with van der Waals surface area (Å²) in [5.74, 6) is -1.31. The molecular formula is C22H15ClF2N4O6S. The van der Waals surface area contributed by atoms with E-state index in [0.29, 0.717) is 10.9 Å². The van der Waals surface area contributed by atoms with Crippen LogP contribution in [0.3, 0.4) is 0 Å². The average molecular weight is 537 g/mol. The third kappa shape index (κ3) is 4.97. The lowest BCUT2D eigenvalue weighted by Gasteiger charge is -2.07. The number of aromatic nitrogens is 1. The van der Waals surface area contributed by atoms with Gasteiger partial charge in [0.1, 0.15) is 33.5 Å². The summed E-state index contributed by atoms with van der Waals surface area (Å²) in [5, 5.41) is 13.7. The summed E-state index contributed by atoms with van der Waals surface area (Å²) in [6.07, 6.45) is -2.81. The van der Waals surface area contributed by atoms with Crippen LogP contribution in [0.25, 0.3) is 10.2 Å². The molecular weight excluding hydrogens is 522 g/mol. The first-order chi connectivity index (χ1) is 17.0. The van der Waals surface area contributed by atoms with Crippen LogP contribution in [-0.4, -0.2) is 21.7 Å². The van der Waals surface area contributed by atoms with Crippen molar-refractivity contribution in [2.24, 2.45) is 5.73 Å². The number of furan rings is 1. The summed E-state index contributed by atoms with van der Waals surface area (Å²) in [5.41, 5.74) is 5.20. The number of hydrogen-bond donors (Lipinski definition) is 2. The molecule has 0 aliphatic rings. The second-order valence-electron chi connectivity index (χ2n) is 7.40. The number of nitrogens with two attached hydrogens (primary N) is 1. The van der Waals surface area contributed by atoms with Crippen molar-refractivity contribution in [2.75, 3.05) is 5.32 Å². The molecule has 2 amide bonds. The van der Waals surface area contributed by atoms with Gasteiger partial charge in [-0.1, -0.05) is 11.6 Å². The van der Waals surface area contributed by atoms with Gasteiger partial charge >= 0.3 is 0 Å². The normalized spacial score (nSPS) is 11.1. The smallest absolute Gasteiger partial charge is 0.291 e. The van der Waals surface area contributed by atoms with E-state index < -0.39 is 28.9 Å². The molecule has 0 fully saturated rings. The van der Waals surface area contributed by atoms with Crippen LogP contribution in [0.4, 0.5) is 20.2 Å². The number of aryl methyl sites for hydroxylation is 1. The summed E-state index contributed by atoms with van der Waals surface area (Å²) in [7, 11) is 0. The fourth-order valence-corrected chi connectivity index (χ4v) is 4.63. The minimum absolute atomic E-state index is 0.0241. The molecule has 3 N–H and O–H groups in total. The van der Waals surface area contributed by atoms with E-state index in [1.54, 1.807) is 6.92 Å². The Morgan fingerprint density at radius 2 is 2.06 bits per heavy atom. The fraction of sp³-hybridized carbons (Fsp3) is 0.136. The third-order valence-corrected chi connectivity index (χ3v) is 6.34. The highest BCUT2D eigenvalue weighted by atomic mass is 35.5. The number of non-ortho nitro benzene ring substituents is 1. The number of nitrogens with one attached hydrogen (secondary N) is 1. The number of hydrogen-bond acceptors (Lipinski definition) is 8. The first-order valence-corrected chi connectivity index (χ1v) is 11.2. The number of nitrogens with zero attached hydrogens (tertiary/aromatic N) is 2. The van der Waals surface area contributed by atoms with E-state index in [0.717, 1.165) is 17.4 Å². The largest absolute Gasteiger partial charge is 0.484 e. The van der Waals surface area contributed by atoms with Crippen molar-refractivity contribution in [1.29, 1.82) is 0 Å². The average Bonchev–Trinajstić information content (AvgIpc) is 3.43. The number of halogens is 3. The predicted molar refractivity (Wildman–Crippen MR) is 127 cm³/mol. The molecule has 0 aliphatic heterocycles. The Hall–Kier alpha value is -4.10. The van der Waals surface area contributed by atoms with Gasteiger partial charge in [0.05, 0.1) is 15.6 Å². The van der Waals surface area contributed by atoms with Gasteiger partial charge in [-0.15, -0.1) is 11.3 Å². The van der Waals surface area contributed by atoms with Gasteiger partial charge in [-0.25, -0.2) is 13.8 Å². The van der Waals surface area contributed by atoms with Gasteiger partial charge in [0.15, 0.2) is 5.76 Å². The zero-order chi connectivity index (χ0) is 26.1. The molecule has 3 heterocycles. The number of pyridine rings is 1. The Kier molecular flexibility index (Phi) is 6.86. The highest BCUT2D eigenvalue weighted by molar-refractivity contribution is 7.21. The van der Waals surface area contributed by atoms with Crippen LogP contribution in [0.15, 0.2) is 40.8 Å². The summed E-state index contributed by atoms with van der Waals surface area (Å²) in [6, 6.07) is 7.71. The Morgan fingerprint density at radius 3 is 2.69 bits per heavy atom. The van der Waals surface area contributed by atoms with E-state index >= 15 is 0 Å². The first kappa shape index (κ1) is 25.0. The Bertz CT molecular complexity index is 1520. The van der Waals surface area contributed by atoms with Crippen LogP contribution < -0.4 is 15.8 Å². The number of fused-ring (bicyclic) bond motifs is 1. The molecule has 4 rings (SSSR count). The van der Waals surface area contributed by atoms with Crippen LogP contribution in [0.5, 0.6) is 5.75 Å². The standard InChI is InChI=1S/C22H15ClF2N4O6S/c1-9-6-13(19(24)25)27-22-16(9)17(18(36-22)20(26)30)28-21(31)15-5-3-11(35-15)8-34-14-4-2-10(29(32)33)7-12(14)23/h2-7,19H,8H2,1H3,(H2,26,30)(H,28,31). The zero-order valence-corrected chi connectivity index (χ0v) is 19.8. The van der Waals surface area contributed by atoms with Gasteiger partial charge in [0.25, 0.3) is 23.9 Å². The fourth-order valence-electron chi connectivity index (χ4n) is 3.33. The molecule has 0 saturated heterocycles. The van der Waals surface area contributed by atoms with Crippen LogP contribution in [-0.2, 0) is 6.61 Å². The minimum atomic E-state index is -2.81. The van der Waals surface area contributed by atoms with Crippen molar-refractivity contribution in [3.8, 4) is 5.75 Å². The number of thiophene rings is 1. The molecule has 0 radical (unpaired) electrons. The van der Waals surface area contributed by atoms with Gasteiger partial charge in [0.2, 0.25) is 0 Å². The number of primary amides is 1. The van der Waals surface area contributed by atoms with E-state index in [1.807, 2.05) is 0 Å². The van der Waals surface area contributed by atoms with Crippen molar-refractivity contribution in [1.82, 2.24) is 4.98 Å². The van der Waals surface area contributed by atoms with Crippen LogP contribution in [0.1, 0.15) is 43.7 Å². The highest BCUT2D eigenvalue weighted by Gasteiger charge is 2.24. The lowest BCUT2D eigenvalue weighted by Crippen LogP contribution is -2.16. The zero-order valence-electron chi connectivity index (χ0n) is 18.2. The maximum atomic E-state index is 13.1. The van der Waals surface area contributed by atoms with Gasteiger partial charge < -0.3 is 20.2 Å². The molecule has 0 unspecified atom stereocenters. The number of rotatable bonds is 8. The molecule has 36 heavy (non-hydrogen) atoms. The lowest BCUT2D eigenvalue weighted by atomic mass is 10.1. The molecule has 0 saturated carbocycles. The minimum Gasteiger partial charge on any atom is -0.484 e. The van der Waals surface area contributed by atoms with Gasteiger partial charge in [0, 0.05) is 17.5 Å². The van der Waals surface area contributed by atoms with Gasteiger partial charge in [-0.2, -0.15) is 0 Å². The Labute approximate surface area is 209 Å². The van der Waals surface area contributed by atoms with Crippen LogP contribution in [0.2, 0.25) is 5.02 Å². The van der Waals surface area contributed by atoms with E-state index in [2.05, 4.69) is 10.3 Å². The molecule has 0 spiro atoms. The Balaban J connectivity index is 1.54. The molecule has 14 heteroatoms. The maximum Gasteiger partial charge on any atom is 0.291 e. The van der Waals surface area contributed by atoms with E-state index in [-0.39, 0.29) is 50.0 Å². The van der Waals surface area contributed by atoms with Gasteiger partial charge in [-0.3, -0.25) is 19.7 Å². The summed E-state index contributed by atoms with van der Waals surface area (Å²) in [4.78, 5) is 39.0. The van der Waals surface area contributed by atoms with E-state index in [4.69, 9.17) is 26.5 Å². The molecule has 0 bridgehead atoms. The number of benzene rings is 1. The van der Waals surface area contributed by atoms with Crippen LogP contribution >= 0.6 is 22.9 Å². The molecule has 4 aromatic rings. The van der Waals surface area contributed by atoms with Crippen LogP contribution in [0, 0.1) is 17.0 Å². The first-order valence-electron chi connectivity index (χ1n) is 10.0. The quantitative estimate of drug-likeness (QED) is 0.219. The third-order valence-electron chi connectivity index (χ3n) is 4.95. The predicted octanol–water partition coefficient (Wildman–Crippen LogP) is 5.63. The van der Waals surface area contributed by atoms with Crippen molar-refractivity contribution in [2.45, 2.75) is 20.0 Å². The molecule has 1 aromatic carbocycles. The van der Waals surface area contributed by atoms with E-state index in [1.165, 1.54) is 30.3 Å². The molecule has 0 aliphatic carbocycles. The van der Waals surface area contributed by atoms with Crippen molar-refractivity contribution < 1.29 is 32.4 Å². The lowest BCUT2D eigenvalue weighted by molar-refractivity contribution is -0.384. The summed E-state index contributed by atoms with van der Waals surface area (Å²) in [6.45, 7) is 1.41. The number of nitro groups is 1. The van der Waals surface area contributed by atoms with Gasteiger partial charge in [-0.05, 0) is 36.8 Å². The number of carbonyl (C=O) groups is 2. The molecule has 10 nitrogen and oxygen atoms in total. The molecule has 186 valence electrons. The number of nitro benzene ring substituents is 1. The van der Waals surface area contributed by atoms with Crippen molar-refractivity contribution in [3.05, 3.63) is 79.2 Å². The number of carbonyl (C=O) groups excluding carboxylic acids is 2. The number of ether oxygens (including phenoxy) is 1. The molecule has 0 atom stereocenters. The monoisotopic (exact) mass is 536 g/mol. The van der Waals surface area contributed by atoms with Crippen molar-refractivity contribution in [3.63, 3.8) is 0 Å². The van der Waals surface area contributed by atoms with Crippen molar-refractivity contribution >= 4 is 56.3 Å². The second kappa shape index (κ2) is 9.87. The number of anilines is 1. The highest BCUT2D eigenvalue weighted by Crippen LogP contribution is 2.38. The summed E-state index contributed by atoms with van der Waals surface area (Å²) < 4.78 is 37.3. The number of alkyl halides is 2. The molecule has 3 aromatic heterocycles. The van der Waals surface area contributed by atoms with E-state index in [9.17, 15) is 28.5 Å². The second-order valence-corrected chi connectivity index (χ2v) is 8.80. The number of amides is 2. The maximum absolute atomic E-state index is 13.1.